The van der Waals surface area contributed by atoms with Crippen molar-refractivity contribution >= 4 is 0 Å². The molecule has 0 saturated carbocycles. The van der Waals surface area contributed by atoms with Gasteiger partial charge in [-0.3, -0.25) is 0 Å². The summed E-state index contributed by atoms with van der Waals surface area (Å²) in [6, 6.07) is 2.20. The summed E-state index contributed by atoms with van der Waals surface area (Å²) >= 11 is 0. The van der Waals surface area contributed by atoms with Gasteiger partial charge in [-0.15, -0.1) is 0 Å². The van der Waals surface area contributed by atoms with Crippen LogP contribution >= 0.6 is 0 Å². The van der Waals surface area contributed by atoms with Gasteiger partial charge in [0, 0.05) is 11.6 Å². The highest BCUT2D eigenvalue weighted by Gasteiger charge is 2.15. The van der Waals surface area contributed by atoms with Gasteiger partial charge < -0.3 is 10.5 Å². The number of hydrogen-bond acceptors (Lipinski definition) is 2. The zero-order chi connectivity index (χ0) is 11.4. The van der Waals surface area contributed by atoms with Crippen molar-refractivity contribution in [1.82, 2.24) is 0 Å². The molecule has 4 heteroatoms. The maximum atomic E-state index is 13.7. The van der Waals surface area contributed by atoms with Gasteiger partial charge in [-0.1, -0.05) is 0 Å². The van der Waals surface area contributed by atoms with E-state index in [1.807, 2.05) is 0 Å². The number of hydrogen-bond donors (Lipinski definition) is 1. The molecule has 2 nitrogen and oxygen atoms in total. The number of ether oxygens (including phenoxy) is 1. The molecule has 0 spiro atoms. The van der Waals surface area contributed by atoms with Gasteiger partial charge >= 0.3 is 0 Å². The molecule has 0 aliphatic heterocycles. The molecule has 0 heterocycles. The maximum Gasteiger partial charge on any atom is 0.171 e. The lowest BCUT2D eigenvalue weighted by atomic mass is 10.1. The van der Waals surface area contributed by atoms with Gasteiger partial charge in [0.1, 0.15) is 5.82 Å². The van der Waals surface area contributed by atoms with E-state index in [2.05, 4.69) is 0 Å². The lowest BCUT2D eigenvalue weighted by Gasteiger charge is -2.11. The fraction of sp³-hybridized carbons (Fsp3) is 0.455. The van der Waals surface area contributed by atoms with Crippen LogP contribution in [0.2, 0.25) is 0 Å². The highest BCUT2D eigenvalue weighted by molar-refractivity contribution is 5.32. The lowest BCUT2D eigenvalue weighted by molar-refractivity contribution is 0.318. The molecule has 84 valence electrons. The van der Waals surface area contributed by atoms with Crippen molar-refractivity contribution in [3.8, 4) is 5.75 Å². The van der Waals surface area contributed by atoms with E-state index in [1.165, 1.54) is 12.1 Å². The molecule has 0 aliphatic carbocycles. The molecule has 1 atom stereocenters. The summed E-state index contributed by atoms with van der Waals surface area (Å²) in [5, 5.41) is 0. The van der Waals surface area contributed by atoms with E-state index in [-0.39, 0.29) is 23.8 Å². The fourth-order valence-corrected chi connectivity index (χ4v) is 1.35. The van der Waals surface area contributed by atoms with E-state index >= 15 is 0 Å². The molecule has 0 aliphatic rings. The van der Waals surface area contributed by atoms with Crippen LogP contribution in [0.4, 0.5) is 8.78 Å². The zero-order valence-electron chi connectivity index (χ0n) is 8.89. The first-order valence-corrected chi connectivity index (χ1v) is 4.91. The molecular weight excluding hydrogens is 200 g/mol. The van der Waals surface area contributed by atoms with E-state index in [0.29, 0.717) is 6.61 Å². The van der Waals surface area contributed by atoms with E-state index < -0.39 is 11.6 Å². The van der Waals surface area contributed by atoms with E-state index in [4.69, 9.17) is 10.5 Å². The Kier molecular flexibility index (Phi) is 4.03. The largest absolute Gasteiger partial charge is 0.491 e. The minimum absolute atomic E-state index is 0.00375. The average molecular weight is 215 g/mol. The topological polar surface area (TPSA) is 35.2 Å². The van der Waals surface area contributed by atoms with Gasteiger partial charge in [0.05, 0.1) is 6.61 Å². The summed E-state index contributed by atoms with van der Waals surface area (Å²) in [4.78, 5) is 0. The minimum atomic E-state index is -0.644. The quantitative estimate of drug-likeness (QED) is 0.836. The third-order valence-electron chi connectivity index (χ3n) is 1.98. The van der Waals surface area contributed by atoms with Crippen LogP contribution in [0.15, 0.2) is 12.1 Å². The van der Waals surface area contributed by atoms with Crippen molar-refractivity contribution < 1.29 is 13.5 Å². The second kappa shape index (κ2) is 5.07. The Morgan fingerprint density at radius 3 is 2.60 bits per heavy atom. The Morgan fingerprint density at radius 1 is 1.40 bits per heavy atom. The first-order chi connectivity index (χ1) is 7.06. The Bertz CT molecular complexity index is 340. The number of nitrogens with two attached hydrogens (primary N) is 1. The highest BCUT2D eigenvalue weighted by Crippen LogP contribution is 2.24. The van der Waals surface area contributed by atoms with Crippen molar-refractivity contribution in [3.05, 3.63) is 29.3 Å². The molecule has 1 rings (SSSR count). The molecule has 2 N–H and O–H groups in total. The SMILES string of the molecule is CCOc1ccc(F)c(CC(C)N)c1F. The molecule has 0 radical (unpaired) electrons. The van der Waals surface area contributed by atoms with Gasteiger partial charge in [-0.25, -0.2) is 8.78 Å². The number of benzene rings is 1. The van der Waals surface area contributed by atoms with E-state index in [9.17, 15) is 8.78 Å². The minimum Gasteiger partial charge on any atom is -0.491 e. The van der Waals surface area contributed by atoms with Crippen LogP contribution in [-0.2, 0) is 6.42 Å². The molecule has 0 saturated heterocycles. The normalized spacial score (nSPS) is 12.6. The van der Waals surface area contributed by atoms with Crippen molar-refractivity contribution in [2.45, 2.75) is 26.3 Å². The van der Waals surface area contributed by atoms with Crippen LogP contribution in [0.25, 0.3) is 0 Å². The summed E-state index contributed by atoms with van der Waals surface area (Å²) in [6.45, 7) is 3.79. The van der Waals surface area contributed by atoms with Gasteiger partial charge in [0.15, 0.2) is 11.6 Å². The molecule has 1 unspecified atom stereocenters. The van der Waals surface area contributed by atoms with Crippen LogP contribution in [0.1, 0.15) is 19.4 Å². The van der Waals surface area contributed by atoms with Crippen LogP contribution in [0, 0.1) is 11.6 Å². The number of rotatable bonds is 4. The molecule has 0 bridgehead atoms. The summed E-state index contributed by atoms with van der Waals surface area (Å²) in [7, 11) is 0. The summed E-state index contributed by atoms with van der Waals surface area (Å²) in [5.74, 6) is -1.14. The first-order valence-electron chi connectivity index (χ1n) is 4.91. The predicted molar refractivity (Wildman–Crippen MR) is 54.9 cm³/mol. The monoisotopic (exact) mass is 215 g/mol. The molecule has 15 heavy (non-hydrogen) atoms. The van der Waals surface area contributed by atoms with Crippen molar-refractivity contribution in [1.29, 1.82) is 0 Å². The summed E-state index contributed by atoms with van der Waals surface area (Å²) in [5.41, 5.74) is 5.51. The van der Waals surface area contributed by atoms with E-state index in [1.54, 1.807) is 13.8 Å². The summed E-state index contributed by atoms with van der Waals surface area (Å²) in [6.07, 6.45) is 0.165. The smallest absolute Gasteiger partial charge is 0.171 e. The Hall–Kier alpha value is -1.16. The van der Waals surface area contributed by atoms with Crippen molar-refractivity contribution in [3.63, 3.8) is 0 Å². The second-order valence-corrected chi connectivity index (χ2v) is 3.45. The van der Waals surface area contributed by atoms with Gasteiger partial charge in [0.2, 0.25) is 0 Å². The standard InChI is InChI=1S/C11H15F2NO/c1-3-15-10-5-4-9(12)8(11(10)13)6-7(2)14/h4-5,7H,3,6,14H2,1-2H3. The molecular formula is C11H15F2NO. The van der Waals surface area contributed by atoms with Gasteiger partial charge in [-0.05, 0) is 32.4 Å². The van der Waals surface area contributed by atoms with Crippen LogP contribution in [0.5, 0.6) is 5.75 Å². The van der Waals surface area contributed by atoms with Crippen molar-refractivity contribution in [2.24, 2.45) is 5.73 Å². The molecule has 1 aromatic rings. The third-order valence-corrected chi connectivity index (χ3v) is 1.98. The van der Waals surface area contributed by atoms with Crippen LogP contribution in [-0.4, -0.2) is 12.6 Å². The Labute approximate surface area is 88.0 Å². The fourth-order valence-electron chi connectivity index (χ4n) is 1.35. The average Bonchev–Trinajstić information content (AvgIpc) is 2.17. The third kappa shape index (κ3) is 2.89. The maximum absolute atomic E-state index is 13.7. The molecule has 0 amide bonds. The highest BCUT2D eigenvalue weighted by atomic mass is 19.1. The Morgan fingerprint density at radius 2 is 2.07 bits per heavy atom. The zero-order valence-corrected chi connectivity index (χ0v) is 8.89. The van der Waals surface area contributed by atoms with Gasteiger partial charge in [0.25, 0.3) is 0 Å². The summed E-state index contributed by atoms with van der Waals surface area (Å²) < 4.78 is 32.0. The second-order valence-electron chi connectivity index (χ2n) is 3.45. The van der Waals surface area contributed by atoms with Crippen LogP contribution < -0.4 is 10.5 Å². The van der Waals surface area contributed by atoms with Gasteiger partial charge in [-0.2, -0.15) is 0 Å². The predicted octanol–water partition coefficient (Wildman–Crippen LogP) is 2.25. The Balaban J connectivity index is 3.06. The van der Waals surface area contributed by atoms with Crippen molar-refractivity contribution in [2.75, 3.05) is 6.61 Å². The first kappa shape index (κ1) is 11.9. The van der Waals surface area contributed by atoms with Crippen LogP contribution in [0.3, 0.4) is 0 Å². The number of halogens is 2. The molecule has 1 aromatic carbocycles. The van der Waals surface area contributed by atoms with E-state index in [0.717, 1.165) is 0 Å². The molecule has 0 fully saturated rings. The molecule has 0 aromatic heterocycles. The lowest BCUT2D eigenvalue weighted by Crippen LogP contribution is -2.19.